The Morgan fingerprint density at radius 1 is 0.612 bits per heavy atom. The molecule has 3 nitrogen and oxygen atoms in total. The van der Waals surface area contributed by atoms with E-state index in [1.165, 1.54) is 27.5 Å². The number of aromatic nitrogens is 1. The first-order valence-electron chi connectivity index (χ1n) is 16.3. The van der Waals surface area contributed by atoms with Crippen LogP contribution in [-0.2, 0) is 0 Å². The Bertz CT molecular complexity index is 2490. The van der Waals surface area contributed by atoms with Gasteiger partial charge < -0.3 is 0 Å². The van der Waals surface area contributed by atoms with Crippen molar-refractivity contribution in [1.29, 1.82) is 0 Å². The standard InChI is InChI=1S/C45H32IN3/c1-3-11-37(36-15-6-4-12-30(36)2)32-20-24-34(25-21-32)43-46-44(41-18-10-14-31-13-5-7-16-38(31)41)49-45(48-43)35-26-22-33(23-27-35)39-28-29-47-42-19-9-8-17-40(39)42/h3-29H,1H2,2H3/b37-11-. The van der Waals surface area contributed by atoms with Crippen LogP contribution in [-0.4, -0.2) is 18.2 Å². The van der Waals surface area contributed by atoms with E-state index in [0.29, 0.717) is 0 Å². The minimum Gasteiger partial charge on any atom is -0.256 e. The third-order valence-electron chi connectivity index (χ3n) is 8.86. The van der Waals surface area contributed by atoms with E-state index in [4.69, 9.17) is 9.98 Å². The van der Waals surface area contributed by atoms with Crippen molar-refractivity contribution in [3.05, 3.63) is 204 Å². The monoisotopic (exact) mass is 741 g/mol. The largest absolute Gasteiger partial charge is 0.256 e. The van der Waals surface area contributed by atoms with Gasteiger partial charge >= 0.3 is 0 Å². The van der Waals surface area contributed by atoms with Crippen molar-refractivity contribution in [1.82, 2.24) is 4.98 Å². The van der Waals surface area contributed by atoms with Gasteiger partial charge in [0.05, 0.1) is 5.52 Å². The van der Waals surface area contributed by atoms with Crippen LogP contribution in [0.15, 0.2) is 181 Å². The molecule has 8 rings (SSSR count). The summed E-state index contributed by atoms with van der Waals surface area (Å²) in [7, 11) is 0. The second-order valence-corrected chi connectivity index (χ2v) is 14.5. The second kappa shape index (κ2) is 13.5. The molecule has 1 aliphatic rings. The normalized spacial score (nSPS) is 13.3. The molecule has 0 atom stereocenters. The van der Waals surface area contributed by atoms with Gasteiger partial charge in [0.25, 0.3) is 0 Å². The number of nitrogens with zero attached hydrogens (tertiary/aromatic N) is 3. The van der Waals surface area contributed by atoms with Crippen LogP contribution in [0.1, 0.15) is 33.4 Å². The van der Waals surface area contributed by atoms with E-state index in [9.17, 15) is 0 Å². The lowest BCUT2D eigenvalue weighted by Crippen LogP contribution is -2.11. The molecule has 0 radical (unpaired) electrons. The van der Waals surface area contributed by atoms with Gasteiger partial charge in [0, 0.05) is 28.3 Å². The Hall–Kier alpha value is -5.59. The van der Waals surface area contributed by atoms with Crippen LogP contribution in [0.5, 0.6) is 0 Å². The van der Waals surface area contributed by atoms with E-state index < -0.39 is 20.7 Å². The fourth-order valence-corrected chi connectivity index (χ4v) is 8.98. The molecule has 0 aliphatic carbocycles. The molecule has 0 bridgehead atoms. The smallest absolute Gasteiger partial charge is 0.161 e. The van der Waals surface area contributed by atoms with Gasteiger partial charge in [-0.3, -0.25) is 4.98 Å². The number of halogens is 1. The number of hydrogen-bond donors (Lipinski definition) is 0. The summed E-state index contributed by atoms with van der Waals surface area (Å²) in [6.45, 7) is 6.15. The number of aliphatic imine (C=N–C) groups is 2. The summed E-state index contributed by atoms with van der Waals surface area (Å²) in [5.74, 6) is 0.742. The number of amidine groups is 1. The van der Waals surface area contributed by atoms with E-state index >= 15 is 0 Å². The minimum atomic E-state index is -0.673. The fourth-order valence-electron chi connectivity index (χ4n) is 6.37. The van der Waals surface area contributed by atoms with Crippen molar-refractivity contribution < 1.29 is 0 Å². The summed E-state index contributed by atoms with van der Waals surface area (Å²) in [5.41, 5.74) is 11.4. The fraction of sp³-hybridized carbons (Fsp3) is 0.0222. The molecule has 0 spiro atoms. The molecule has 7 aromatic rings. The number of pyridine rings is 1. The third kappa shape index (κ3) is 6.12. The number of benzene rings is 6. The molecule has 49 heavy (non-hydrogen) atoms. The molecule has 4 heteroatoms. The molecule has 1 aromatic heterocycles. The van der Waals surface area contributed by atoms with Crippen molar-refractivity contribution in [3.63, 3.8) is 0 Å². The number of fused-ring (bicyclic) bond motifs is 2. The van der Waals surface area contributed by atoms with Gasteiger partial charge in [0.15, 0.2) is 5.84 Å². The Labute approximate surface area is 296 Å². The molecule has 0 fully saturated rings. The van der Waals surface area contributed by atoms with Gasteiger partial charge in [-0.1, -0.05) is 152 Å². The molecular weight excluding hydrogens is 709 g/mol. The number of hydrogen-bond acceptors (Lipinski definition) is 3. The van der Waals surface area contributed by atoms with Crippen molar-refractivity contribution in [2.45, 2.75) is 6.92 Å². The number of aryl methyl sites for hydroxylation is 1. The molecule has 234 valence electrons. The maximum atomic E-state index is 5.28. The molecular formula is C45H32IN3. The Morgan fingerprint density at radius 2 is 1.31 bits per heavy atom. The van der Waals surface area contributed by atoms with Gasteiger partial charge in [-0.25, -0.2) is 9.98 Å². The summed E-state index contributed by atoms with van der Waals surface area (Å²) in [6, 6.07) is 51.4. The quantitative estimate of drug-likeness (QED) is 0.118. The number of para-hydroxylation sites is 1. The molecule has 0 amide bonds. The van der Waals surface area contributed by atoms with E-state index in [1.54, 1.807) is 0 Å². The van der Waals surface area contributed by atoms with E-state index in [1.807, 2.05) is 18.3 Å². The molecule has 0 saturated heterocycles. The summed E-state index contributed by atoms with van der Waals surface area (Å²) >= 11 is -0.673. The average molecular weight is 742 g/mol. The summed E-state index contributed by atoms with van der Waals surface area (Å²) in [6.07, 6.45) is 5.84. The van der Waals surface area contributed by atoms with Crippen LogP contribution < -0.4 is 0 Å². The average Bonchev–Trinajstić information content (AvgIpc) is 3.17. The zero-order valence-corrected chi connectivity index (χ0v) is 29.2. The Balaban J connectivity index is 1.21. The van der Waals surface area contributed by atoms with Crippen LogP contribution in [0.3, 0.4) is 0 Å². The van der Waals surface area contributed by atoms with Crippen molar-refractivity contribution in [2.24, 2.45) is 9.98 Å². The van der Waals surface area contributed by atoms with Crippen LogP contribution in [0.25, 0.3) is 38.4 Å². The summed E-state index contributed by atoms with van der Waals surface area (Å²) in [4.78, 5) is 15.1. The second-order valence-electron chi connectivity index (χ2n) is 11.9. The van der Waals surface area contributed by atoms with Gasteiger partial charge in [-0.2, -0.15) is 0 Å². The first kappa shape index (κ1) is 30.7. The predicted molar refractivity (Wildman–Crippen MR) is 217 cm³/mol. The number of rotatable bonds is 7. The highest BCUT2D eigenvalue weighted by Crippen LogP contribution is 2.32. The number of allylic oxidation sites excluding steroid dienone is 2. The van der Waals surface area contributed by atoms with E-state index in [2.05, 4.69) is 164 Å². The van der Waals surface area contributed by atoms with Crippen LogP contribution in [0, 0.1) is 6.92 Å². The lowest BCUT2D eigenvalue weighted by atomic mass is 9.93. The highest BCUT2D eigenvalue weighted by Gasteiger charge is 2.18. The molecule has 6 aromatic carbocycles. The van der Waals surface area contributed by atoms with E-state index in [-0.39, 0.29) is 0 Å². The summed E-state index contributed by atoms with van der Waals surface area (Å²) < 4.78 is 2.23. The summed E-state index contributed by atoms with van der Waals surface area (Å²) in [5, 5.41) is 3.58. The molecule has 1 aliphatic heterocycles. The van der Waals surface area contributed by atoms with E-state index in [0.717, 1.165) is 57.5 Å². The van der Waals surface area contributed by atoms with Gasteiger partial charge in [-0.05, 0) is 84.0 Å². The Morgan fingerprint density at radius 3 is 2.12 bits per heavy atom. The first-order valence-corrected chi connectivity index (χ1v) is 18.4. The molecule has 2 heterocycles. The molecule has 0 saturated carbocycles. The van der Waals surface area contributed by atoms with Crippen LogP contribution >= 0.6 is 20.7 Å². The highest BCUT2D eigenvalue weighted by molar-refractivity contribution is 14.2. The zero-order valence-electron chi connectivity index (χ0n) is 27.0. The van der Waals surface area contributed by atoms with Gasteiger partial charge in [-0.15, -0.1) is 0 Å². The molecule has 0 N–H and O–H groups in total. The lowest BCUT2D eigenvalue weighted by Gasteiger charge is -2.16. The third-order valence-corrected chi connectivity index (χ3v) is 11.6. The first-order chi connectivity index (χ1) is 24.2. The van der Waals surface area contributed by atoms with Crippen molar-refractivity contribution in [3.8, 4) is 11.1 Å². The topological polar surface area (TPSA) is 37.6 Å². The van der Waals surface area contributed by atoms with Crippen molar-refractivity contribution in [2.75, 3.05) is 0 Å². The van der Waals surface area contributed by atoms with Crippen LogP contribution in [0.4, 0.5) is 0 Å². The van der Waals surface area contributed by atoms with Crippen molar-refractivity contribution >= 4 is 61.2 Å². The predicted octanol–water partition coefficient (Wildman–Crippen LogP) is 11.3. The zero-order chi connectivity index (χ0) is 33.2. The highest BCUT2D eigenvalue weighted by atomic mass is 127. The SMILES string of the molecule is C=C/C=C(/c1ccc(C2=IC(c3cccc4ccccc34)=NC(c3ccc(-c4ccnc5ccccc45)cc3)=N2)cc1)c1ccccc1C. The van der Waals surface area contributed by atoms with Crippen LogP contribution in [0.2, 0.25) is 0 Å². The van der Waals surface area contributed by atoms with Gasteiger partial charge in [0.1, 0.15) is 7.35 Å². The maximum Gasteiger partial charge on any atom is 0.161 e. The Kier molecular flexibility index (Phi) is 8.46. The minimum absolute atomic E-state index is 0.673. The van der Waals surface area contributed by atoms with Gasteiger partial charge in [0.2, 0.25) is 0 Å². The maximum absolute atomic E-state index is 5.28. The molecule has 0 unspecified atom stereocenters. The lowest BCUT2D eigenvalue weighted by molar-refractivity contribution is 1.41.